The predicted molar refractivity (Wildman–Crippen MR) is 69.3 cm³/mol. The number of hydrogen-bond donors (Lipinski definition) is 0. The molecule has 0 aliphatic carbocycles. The monoisotopic (exact) mass is 315 g/mol. The smallest absolute Gasteiger partial charge is 0.255 e. The molecule has 0 unspecified atom stereocenters. The van der Waals surface area contributed by atoms with Crippen molar-refractivity contribution in [2.24, 2.45) is 0 Å². The molecule has 0 saturated carbocycles. The molecule has 17 heavy (non-hydrogen) atoms. The van der Waals surface area contributed by atoms with E-state index in [-0.39, 0.29) is 18.2 Å². The number of amides is 1. The number of nitrogens with zero attached hydrogens (tertiary/aromatic N) is 1. The summed E-state index contributed by atoms with van der Waals surface area (Å²) in [5.74, 6) is -0.0322. The van der Waals surface area contributed by atoms with Gasteiger partial charge >= 0.3 is 0 Å². The van der Waals surface area contributed by atoms with Gasteiger partial charge in [0.1, 0.15) is 0 Å². The number of halogens is 2. The molecule has 1 aliphatic heterocycles. The van der Waals surface area contributed by atoms with Gasteiger partial charge in [-0.15, -0.1) is 0 Å². The molecule has 0 spiro atoms. The highest BCUT2D eigenvalue weighted by Gasteiger charge is 2.23. The number of rotatable bonds is 1. The van der Waals surface area contributed by atoms with E-state index in [1.807, 2.05) is 0 Å². The van der Waals surface area contributed by atoms with Gasteiger partial charge < -0.3 is 4.90 Å². The molecule has 1 saturated heterocycles. The number of hydrogen-bond acceptors (Lipinski definition) is 2. The summed E-state index contributed by atoms with van der Waals surface area (Å²) < 4.78 is 0.699. The highest BCUT2D eigenvalue weighted by Crippen LogP contribution is 2.23. The van der Waals surface area contributed by atoms with Gasteiger partial charge in [-0.3, -0.25) is 9.59 Å². The number of carbonyl (C=O) groups is 2. The van der Waals surface area contributed by atoms with Gasteiger partial charge in [0.25, 0.3) is 5.91 Å². The maximum Gasteiger partial charge on any atom is 0.255 e. The van der Waals surface area contributed by atoms with E-state index < -0.39 is 0 Å². The number of benzene rings is 1. The molecule has 1 fully saturated rings. The quantitative estimate of drug-likeness (QED) is 0.799. The van der Waals surface area contributed by atoms with Crippen LogP contribution in [0.2, 0.25) is 5.02 Å². The van der Waals surface area contributed by atoms with E-state index in [1.54, 1.807) is 23.1 Å². The van der Waals surface area contributed by atoms with Crippen molar-refractivity contribution in [1.29, 1.82) is 0 Å². The number of piperidine rings is 1. The second-order valence-corrected chi connectivity index (χ2v) is 5.28. The zero-order valence-corrected chi connectivity index (χ0v) is 11.4. The van der Waals surface area contributed by atoms with E-state index in [0.717, 1.165) is 6.42 Å². The van der Waals surface area contributed by atoms with E-state index in [9.17, 15) is 9.59 Å². The molecule has 1 aromatic rings. The lowest BCUT2D eigenvalue weighted by atomic mass is 10.1. The highest BCUT2D eigenvalue weighted by atomic mass is 79.9. The number of likely N-dealkylation sites (tertiary alicyclic amines) is 1. The maximum atomic E-state index is 12.2. The summed E-state index contributed by atoms with van der Waals surface area (Å²) in [7, 11) is 0. The molecule has 3 nitrogen and oxygen atoms in total. The molecule has 0 bridgehead atoms. The van der Waals surface area contributed by atoms with Crippen LogP contribution in [0.3, 0.4) is 0 Å². The van der Waals surface area contributed by atoms with Crippen LogP contribution in [0.5, 0.6) is 0 Å². The van der Waals surface area contributed by atoms with Crippen LogP contribution >= 0.6 is 27.5 Å². The summed E-state index contributed by atoms with van der Waals surface area (Å²) >= 11 is 9.19. The van der Waals surface area contributed by atoms with Crippen molar-refractivity contribution >= 4 is 39.2 Å². The zero-order valence-electron chi connectivity index (χ0n) is 9.08. The van der Waals surface area contributed by atoms with E-state index in [1.165, 1.54) is 0 Å². The van der Waals surface area contributed by atoms with E-state index in [4.69, 9.17) is 11.6 Å². The van der Waals surface area contributed by atoms with Gasteiger partial charge in [-0.05, 0) is 40.5 Å². The van der Waals surface area contributed by atoms with Crippen molar-refractivity contribution in [3.05, 3.63) is 33.3 Å². The summed E-state index contributed by atoms with van der Waals surface area (Å²) in [6.45, 7) is 0.835. The van der Waals surface area contributed by atoms with Gasteiger partial charge in [0.05, 0.1) is 12.1 Å². The minimum atomic E-state index is -0.146. The molecule has 90 valence electrons. The number of Topliss-reactive ketones (excluding diaryl/α,β-unsaturated/α-hetero) is 1. The Morgan fingerprint density at radius 3 is 2.88 bits per heavy atom. The molecule has 1 amide bonds. The van der Waals surface area contributed by atoms with Crippen molar-refractivity contribution in [1.82, 2.24) is 4.90 Å². The van der Waals surface area contributed by atoms with Crippen LogP contribution < -0.4 is 0 Å². The lowest BCUT2D eigenvalue weighted by Gasteiger charge is -2.26. The van der Waals surface area contributed by atoms with Crippen molar-refractivity contribution in [2.75, 3.05) is 13.1 Å². The molecular weight excluding hydrogens is 305 g/mol. The average Bonchev–Trinajstić information content (AvgIpc) is 2.31. The van der Waals surface area contributed by atoms with Crippen molar-refractivity contribution < 1.29 is 9.59 Å². The molecule has 1 aromatic carbocycles. The first kappa shape index (κ1) is 12.6. The second-order valence-electron chi connectivity index (χ2n) is 3.99. The van der Waals surface area contributed by atoms with Crippen LogP contribution in [0.1, 0.15) is 23.2 Å². The summed E-state index contributed by atoms with van der Waals surface area (Å²) in [4.78, 5) is 25.1. The first-order valence-corrected chi connectivity index (χ1v) is 6.51. The standard InChI is InChI=1S/C12H11BrClNO2/c13-11-4-3-8(14)6-10(11)12(17)15-5-1-2-9(16)7-15/h3-4,6H,1-2,5,7H2. The molecule has 0 radical (unpaired) electrons. The Hall–Kier alpha value is -0.870. The normalized spacial score (nSPS) is 16.1. The average molecular weight is 317 g/mol. The Labute approximate surface area is 113 Å². The molecule has 0 aromatic heterocycles. The lowest BCUT2D eigenvalue weighted by molar-refractivity contribution is -0.121. The fourth-order valence-electron chi connectivity index (χ4n) is 1.84. The van der Waals surface area contributed by atoms with E-state index in [0.29, 0.717) is 28.0 Å². The first-order chi connectivity index (χ1) is 8.08. The van der Waals surface area contributed by atoms with Crippen molar-refractivity contribution in [3.8, 4) is 0 Å². The number of ketones is 1. The fourth-order valence-corrected chi connectivity index (χ4v) is 2.43. The maximum absolute atomic E-state index is 12.2. The molecule has 1 aliphatic rings. The van der Waals surface area contributed by atoms with Gasteiger partial charge in [0, 0.05) is 22.5 Å². The van der Waals surface area contributed by atoms with Crippen molar-refractivity contribution in [2.45, 2.75) is 12.8 Å². The van der Waals surface area contributed by atoms with E-state index >= 15 is 0 Å². The summed E-state index contributed by atoms with van der Waals surface area (Å²) in [6.07, 6.45) is 1.31. The van der Waals surface area contributed by atoms with Crippen LogP contribution in [0.4, 0.5) is 0 Å². The molecule has 5 heteroatoms. The largest absolute Gasteiger partial charge is 0.331 e. The van der Waals surface area contributed by atoms with Crippen LogP contribution in [-0.2, 0) is 4.79 Å². The van der Waals surface area contributed by atoms with Gasteiger partial charge in [-0.2, -0.15) is 0 Å². The Morgan fingerprint density at radius 2 is 2.18 bits per heavy atom. The molecular formula is C12H11BrClNO2. The minimum absolute atomic E-state index is 0.114. The third-order valence-electron chi connectivity index (χ3n) is 2.70. The number of carbonyl (C=O) groups excluding carboxylic acids is 2. The molecule has 0 N–H and O–H groups in total. The Balaban J connectivity index is 2.24. The Bertz CT molecular complexity index is 476. The third-order valence-corrected chi connectivity index (χ3v) is 3.62. The van der Waals surface area contributed by atoms with Crippen LogP contribution in [0.15, 0.2) is 22.7 Å². The van der Waals surface area contributed by atoms with Crippen molar-refractivity contribution in [3.63, 3.8) is 0 Å². The second kappa shape index (κ2) is 5.19. The van der Waals surface area contributed by atoms with Crippen LogP contribution in [0.25, 0.3) is 0 Å². The van der Waals surface area contributed by atoms with Crippen LogP contribution in [0, 0.1) is 0 Å². The topological polar surface area (TPSA) is 37.4 Å². The lowest BCUT2D eigenvalue weighted by Crippen LogP contribution is -2.40. The van der Waals surface area contributed by atoms with Crippen LogP contribution in [-0.4, -0.2) is 29.7 Å². The van der Waals surface area contributed by atoms with Gasteiger partial charge in [0.15, 0.2) is 5.78 Å². The zero-order chi connectivity index (χ0) is 12.4. The summed E-state index contributed by atoms with van der Waals surface area (Å²) in [5.41, 5.74) is 0.507. The van der Waals surface area contributed by atoms with Gasteiger partial charge in [0.2, 0.25) is 0 Å². The minimum Gasteiger partial charge on any atom is -0.331 e. The SMILES string of the molecule is O=C1CCCN(C(=O)c2cc(Cl)ccc2Br)C1. The van der Waals surface area contributed by atoms with Gasteiger partial charge in [-0.1, -0.05) is 11.6 Å². The van der Waals surface area contributed by atoms with Gasteiger partial charge in [-0.25, -0.2) is 0 Å². The third kappa shape index (κ3) is 2.87. The molecule has 1 heterocycles. The summed E-state index contributed by atoms with van der Waals surface area (Å²) in [6, 6.07) is 5.07. The Kier molecular flexibility index (Phi) is 3.84. The van der Waals surface area contributed by atoms with E-state index in [2.05, 4.69) is 15.9 Å². The highest BCUT2D eigenvalue weighted by molar-refractivity contribution is 9.10. The Morgan fingerprint density at radius 1 is 1.41 bits per heavy atom. The predicted octanol–water partition coefficient (Wildman–Crippen LogP) is 2.91. The molecule has 2 rings (SSSR count). The first-order valence-electron chi connectivity index (χ1n) is 5.34. The molecule has 0 atom stereocenters. The fraction of sp³-hybridized carbons (Fsp3) is 0.333. The summed E-state index contributed by atoms with van der Waals surface area (Å²) in [5, 5.41) is 0.514.